The van der Waals surface area contributed by atoms with Crippen molar-refractivity contribution in [2.24, 2.45) is 0 Å². The molecule has 6 nitrogen and oxygen atoms in total. The molecule has 1 fully saturated rings. The summed E-state index contributed by atoms with van der Waals surface area (Å²) in [5.41, 5.74) is 0.553. The summed E-state index contributed by atoms with van der Waals surface area (Å²) in [6, 6.07) is 7.18. The fraction of sp³-hybridized carbons (Fsp3) is 0.444. The van der Waals surface area contributed by atoms with Crippen LogP contribution in [0.25, 0.3) is 0 Å². The molecule has 0 unspecified atom stereocenters. The molecule has 0 spiro atoms. The summed E-state index contributed by atoms with van der Waals surface area (Å²) < 4.78 is 5.36. The first kappa shape index (κ1) is 18.0. The maximum absolute atomic E-state index is 11.9. The standard InChI is InChI=1S/C18H25N3O3/c1-3-12-24-16-9-7-14(8-10-16)20-18(23)17(22)19-13-15-6-5-11-21(15)4-2/h3,7-10,15H,1,4-6,11-13H2,2H3,(H,19,22)(H,20,23)/t15-/m0/s1. The summed E-state index contributed by atoms with van der Waals surface area (Å²) in [5, 5.41) is 5.31. The van der Waals surface area contributed by atoms with E-state index in [0.29, 0.717) is 30.6 Å². The molecular formula is C18H25N3O3. The van der Waals surface area contributed by atoms with Gasteiger partial charge in [0.25, 0.3) is 0 Å². The number of benzene rings is 1. The zero-order chi connectivity index (χ0) is 17.4. The highest BCUT2D eigenvalue weighted by molar-refractivity contribution is 6.39. The van der Waals surface area contributed by atoms with Crippen molar-refractivity contribution >= 4 is 17.5 Å². The predicted octanol–water partition coefficient (Wildman–Crippen LogP) is 1.79. The van der Waals surface area contributed by atoms with Crippen LogP contribution in [0, 0.1) is 0 Å². The number of ether oxygens (including phenoxy) is 1. The monoisotopic (exact) mass is 331 g/mol. The van der Waals surface area contributed by atoms with Gasteiger partial charge in [-0.15, -0.1) is 0 Å². The van der Waals surface area contributed by atoms with Gasteiger partial charge in [0, 0.05) is 18.3 Å². The first-order chi connectivity index (χ1) is 11.6. The van der Waals surface area contributed by atoms with Crippen molar-refractivity contribution in [3.63, 3.8) is 0 Å². The minimum Gasteiger partial charge on any atom is -0.490 e. The molecule has 1 aromatic rings. The topological polar surface area (TPSA) is 70.7 Å². The average Bonchev–Trinajstić information content (AvgIpc) is 3.06. The molecule has 0 aliphatic carbocycles. The van der Waals surface area contributed by atoms with Gasteiger partial charge in [-0.3, -0.25) is 14.5 Å². The van der Waals surface area contributed by atoms with Crippen molar-refractivity contribution < 1.29 is 14.3 Å². The maximum Gasteiger partial charge on any atom is 0.313 e. The van der Waals surface area contributed by atoms with E-state index in [1.165, 1.54) is 0 Å². The van der Waals surface area contributed by atoms with Gasteiger partial charge in [0.15, 0.2) is 0 Å². The first-order valence-electron chi connectivity index (χ1n) is 8.31. The lowest BCUT2D eigenvalue weighted by molar-refractivity contribution is -0.136. The van der Waals surface area contributed by atoms with E-state index < -0.39 is 11.8 Å². The number of nitrogens with one attached hydrogen (secondary N) is 2. The number of hydrogen-bond donors (Lipinski definition) is 2. The van der Waals surface area contributed by atoms with Gasteiger partial charge in [-0.1, -0.05) is 19.6 Å². The lowest BCUT2D eigenvalue weighted by Gasteiger charge is -2.22. The minimum atomic E-state index is -0.657. The van der Waals surface area contributed by atoms with Crippen LogP contribution in [0.1, 0.15) is 19.8 Å². The number of amides is 2. The highest BCUT2D eigenvalue weighted by Crippen LogP contribution is 2.16. The first-order valence-corrected chi connectivity index (χ1v) is 8.31. The maximum atomic E-state index is 11.9. The molecule has 1 aliphatic heterocycles. The summed E-state index contributed by atoms with van der Waals surface area (Å²) in [4.78, 5) is 26.2. The zero-order valence-electron chi connectivity index (χ0n) is 14.1. The number of carbonyl (C=O) groups is 2. The van der Waals surface area contributed by atoms with Crippen molar-refractivity contribution in [1.82, 2.24) is 10.2 Å². The molecule has 1 atom stereocenters. The Hall–Kier alpha value is -2.34. The summed E-state index contributed by atoms with van der Waals surface area (Å²) >= 11 is 0. The third kappa shape index (κ3) is 5.09. The van der Waals surface area contributed by atoms with Crippen LogP contribution in [0.4, 0.5) is 5.69 Å². The van der Waals surface area contributed by atoms with Crippen LogP contribution in [-0.2, 0) is 9.59 Å². The Labute approximate surface area is 142 Å². The molecule has 0 saturated carbocycles. The Bertz CT molecular complexity index is 571. The van der Waals surface area contributed by atoms with Crippen molar-refractivity contribution in [1.29, 1.82) is 0 Å². The van der Waals surface area contributed by atoms with Crippen LogP contribution in [0.5, 0.6) is 5.75 Å². The zero-order valence-corrected chi connectivity index (χ0v) is 14.1. The van der Waals surface area contributed by atoms with Gasteiger partial charge in [0.05, 0.1) is 0 Å². The molecule has 2 amide bonds. The fourth-order valence-electron chi connectivity index (χ4n) is 2.81. The van der Waals surface area contributed by atoms with Gasteiger partial charge < -0.3 is 15.4 Å². The average molecular weight is 331 g/mol. The van der Waals surface area contributed by atoms with Gasteiger partial charge in [0.1, 0.15) is 12.4 Å². The van der Waals surface area contributed by atoms with E-state index in [0.717, 1.165) is 25.9 Å². The predicted molar refractivity (Wildman–Crippen MR) is 94.0 cm³/mol. The molecular weight excluding hydrogens is 306 g/mol. The van der Waals surface area contributed by atoms with E-state index in [4.69, 9.17) is 4.74 Å². The molecule has 2 rings (SSSR count). The Morgan fingerprint density at radius 2 is 2.08 bits per heavy atom. The second-order valence-corrected chi connectivity index (χ2v) is 5.71. The number of likely N-dealkylation sites (N-methyl/N-ethyl adjacent to an activating group) is 1. The van der Waals surface area contributed by atoms with E-state index in [2.05, 4.69) is 29.0 Å². The number of anilines is 1. The van der Waals surface area contributed by atoms with Crippen LogP contribution >= 0.6 is 0 Å². The minimum absolute atomic E-state index is 0.327. The molecule has 130 valence electrons. The van der Waals surface area contributed by atoms with Crippen molar-refractivity contribution in [2.45, 2.75) is 25.8 Å². The Kier molecular flexibility index (Phi) is 6.81. The fourth-order valence-corrected chi connectivity index (χ4v) is 2.81. The summed E-state index contributed by atoms with van der Waals surface area (Å²) in [5.74, 6) is -0.584. The molecule has 24 heavy (non-hydrogen) atoms. The van der Waals surface area contributed by atoms with Gasteiger partial charge in [-0.05, 0) is 50.2 Å². The normalized spacial score (nSPS) is 17.3. The number of nitrogens with zero attached hydrogens (tertiary/aromatic N) is 1. The summed E-state index contributed by atoms with van der Waals surface area (Å²) in [7, 11) is 0. The molecule has 1 aliphatic rings. The second kappa shape index (κ2) is 9.08. The Morgan fingerprint density at radius 3 is 2.75 bits per heavy atom. The van der Waals surface area contributed by atoms with Crippen LogP contribution in [0.15, 0.2) is 36.9 Å². The quantitative estimate of drug-likeness (QED) is 0.590. The molecule has 1 aromatic carbocycles. The van der Waals surface area contributed by atoms with Gasteiger partial charge >= 0.3 is 11.8 Å². The van der Waals surface area contributed by atoms with Crippen LogP contribution in [-0.4, -0.2) is 49.0 Å². The van der Waals surface area contributed by atoms with E-state index in [1.54, 1.807) is 30.3 Å². The molecule has 2 N–H and O–H groups in total. The third-order valence-corrected chi connectivity index (χ3v) is 4.09. The lowest BCUT2D eigenvalue weighted by atomic mass is 10.2. The second-order valence-electron chi connectivity index (χ2n) is 5.71. The van der Waals surface area contributed by atoms with Crippen molar-refractivity contribution in [2.75, 3.05) is 31.6 Å². The van der Waals surface area contributed by atoms with Crippen LogP contribution in [0.3, 0.4) is 0 Å². The van der Waals surface area contributed by atoms with Crippen molar-refractivity contribution in [3.05, 3.63) is 36.9 Å². The number of hydrogen-bond acceptors (Lipinski definition) is 4. The van der Waals surface area contributed by atoms with Gasteiger partial charge in [-0.2, -0.15) is 0 Å². The lowest BCUT2D eigenvalue weighted by Crippen LogP contribution is -2.43. The molecule has 1 heterocycles. The molecule has 6 heteroatoms. The molecule has 0 bridgehead atoms. The Balaban J connectivity index is 1.78. The highest BCUT2D eigenvalue weighted by Gasteiger charge is 2.24. The summed E-state index contributed by atoms with van der Waals surface area (Å²) in [6.07, 6.45) is 3.85. The number of carbonyl (C=O) groups excluding carboxylic acids is 2. The smallest absolute Gasteiger partial charge is 0.313 e. The van der Waals surface area contributed by atoms with E-state index in [-0.39, 0.29) is 0 Å². The van der Waals surface area contributed by atoms with Gasteiger partial charge in [0.2, 0.25) is 0 Å². The molecule has 0 aromatic heterocycles. The van der Waals surface area contributed by atoms with E-state index in [9.17, 15) is 9.59 Å². The van der Waals surface area contributed by atoms with Crippen molar-refractivity contribution in [3.8, 4) is 5.75 Å². The SMILES string of the molecule is C=CCOc1ccc(NC(=O)C(=O)NC[C@@H]2CCCN2CC)cc1. The molecule has 0 radical (unpaired) electrons. The highest BCUT2D eigenvalue weighted by atomic mass is 16.5. The van der Waals surface area contributed by atoms with Gasteiger partial charge in [-0.25, -0.2) is 0 Å². The third-order valence-electron chi connectivity index (χ3n) is 4.09. The molecule has 1 saturated heterocycles. The van der Waals surface area contributed by atoms with E-state index in [1.807, 2.05) is 0 Å². The largest absolute Gasteiger partial charge is 0.490 e. The van der Waals surface area contributed by atoms with Crippen LogP contribution < -0.4 is 15.4 Å². The summed E-state index contributed by atoms with van der Waals surface area (Å²) in [6.45, 7) is 8.64. The Morgan fingerprint density at radius 1 is 1.33 bits per heavy atom. The number of likely N-dealkylation sites (tertiary alicyclic amines) is 1. The van der Waals surface area contributed by atoms with E-state index >= 15 is 0 Å². The van der Waals surface area contributed by atoms with Crippen LogP contribution in [0.2, 0.25) is 0 Å². The number of rotatable bonds is 7.